The van der Waals surface area contributed by atoms with Gasteiger partial charge in [0.1, 0.15) is 9.88 Å². The number of carbonyl (C=O) groups is 1. The molecule has 0 aliphatic carbocycles. The third-order valence-electron chi connectivity index (χ3n) is 3.33. The van der Waals surface area contributed by atoms with Gasteiger partial charge in [0.25, 0.3) is 5.91 Å². The van der Waals surface area contributed by atoms with Crippen LogP contribution in [0.15, 0.2) is 30.3 Å². The maximum absolute atomic E-state index is 12.5. The van der Waals surface area contributed by atoms with E-state index in [4.69, 9.17) is 5.73 Å². The van der Waals surface area contributed by atoms with Crippen molar-refractivity contribution in [2.24, 2.45) is 5.73 Å². The molecule has 4 nitrogen and oxygen atoms in total. The fourth-order valence-electron chi connectivity index (χ4n) is 1.82. The van der Waals surface area contributed by atoms with E-state index < -0.39 is 0 Å². The molecule has 0 radical (unpaired) electrons. The van der Waals surface area contributed by atoms with E-state index in [1.165, 1.54) is 11.3 Å². The Morgan fingerprint density at radius 1 is 1.32 bits per heavy atom. The molecule has 22 heavy (non-hydrogen) atoms. The molecule has 1 aromatic carbocycles. The number of hydrogen-bond donors (Lipinski definition) is 1. The van der Waals surface area contributed by atoms with Crippen molar-refractivity contribution in [1.29, 1.82) is 0 Å². The third-order valence-corrected chi connectivity index (χ3v) is 4.53. The van der Waals surface area contributed by atoms with Gasteiger partial charge in [-0.25, -0.2) is 4.98 Å². The van der Waals surface area contributed by atoms with Crippen LogP contribution in [0.3, 0.4) is 0 Å². The van der Waals surface area contributed by atoms with Gasteiger partial charge in [-0.3, -0.25) is 4.79 Å². The number of amides is 1. The number of aryl methyl sites for hydroxylation is 1. The highest BCUT2D eigenvalue weighted by Gasteiger charge is 2.22. The Kier molecular flexibility index (Phi) is 8.63. The first-order valence-corrected chi connectivity index (χ1v) is 7.36. The zero-order valence-corrected chi connectivity index (χ0v) is 15.2. The van der Waals surface area contributed by atoms with Crippen molar-refractivity contribution >= 4 is 42.1 Å². The number of thiazole rings is 1. The number of rotatable bonds is 4. The first-order valence-electron chi connectivity index (χ1n) is 6.54. The summed E-state index contributed by atoms with van der Waals surface area (Å²) in [5.41, 5.74) is 7.43. The van der Waals surface area contributed by atoms with Crippen LogP contribution >= 0.6 is 36.2 Å². The molecule has 0 saturated heterocycles. The second-order valence-electron chi connectivity index (χ2n) is 4.80. The molecule has 2 rings (SSSR count). The highest BCUT2D eigenvalue weighted by molar-refractivity contribution is 7.17. The average molecular weight is 362 g/mol. The number of hydrogen-bond acceptors (Lipinski definition) is 4. The molecule has 2 N–H and O–H groups in total. The predicted octanol–water partition coefficient (Wildman–Crippen LogP) is 3.38. The summed E-state index contributed by atoms with van der Waals surface area (Å²) in [6.07, 6.45) is 0. The largest absolute Gasteiger partial charge is 0.337 e. The molecule has 1 amide bonds. The Morgan fingerprint density at radius 3 is 2.45 bits per heavy atom. The van der Waals surface area contributed by atoms with Gasteiger partial charge in [0.15, 0.2) is 0 Å². The Bertz CT molecular complexity index is 604. The van der Waals surface area contributed by atoms with E-state index in [0.717, 1.165) is 16.3 Å². The van der Waals surface area contributed by atoms with Crippen LogP contribution in [0.4, 0.5) is 0 Å². The molecule has 0 aliphatic rings. The number of nitrogens with two attached hydrogens (primary N) is 1. The summed E-state index contributed by atoms with van der Waals surface area (Å²) in [7, 11) is 1.78. The number of benzene rings is 1. The van der Waals surface area contributed by atoms with Crippen LogP contribution in [0.1, 0.15) is 22.3 Å². The molecule has 122 valence electrons. The van der Waals surface area contributed by atoms with E-state index in [1.807, 2.05) is 44.2 Å². The van der Waals surface area contributed by atoms with Gasteiger partial charge >= 0.3 is 0 Å². The molecule has 0 aliphatic heterocycles. The van der Waals surface area contributed by atoms with Crippen molar-refractivity contribution in [2.45, 2.75) is 19.9 Å². The number of halogens is 2. The summed E-state index contributed by atoms with van der Waals surface area (Å²) in [5, 5.41) is 0.875. The first-order chi connectivity index (χ1) is 9.54. The van der Waals surface area contributed by atoms with E-state index in [9.17, 15) is 4.79 Å². The van der Waals surface area contributed by atoms with Gasteiger partial charge in [0.05, 0.1) is 5.69 Å². The maximum atomic E-state index is 12.5. The van der Waals surface area contributed by atoms with Crippen LogP contribution in [-0.2, 0) is 0 Å². The second-order valence-corrected chi connectivity index (χ2v) is 5.80. The normalized spacial score (nSPS) is 11.1. The average Bonchev–Trinajstić information content (AvgIpc) is 2.87. The summed E-state index contributed by atoms with van der Waals surface area (Å²) in [5.74, 6) is -0.0138. The van der Waals surface area contributed by atoms with E-state index >= 15 is 0 Å². The standard InChI is InChI=1S/C15H19N3OS.2ClH/c1-10(9-16)18(3)15(19)13-11(2)17-14(20-13)12-7-5-4-6-8-12;;/h4-8,10H,9,16H2,1-3H3;2*1H. The lowest BCUT2D eigenvalue weighted by Crippen LogP contribution is -2.39. The molecule has 0 spiro atoms. The van der Waals surface area contributed by atoms with Crippen LogP contribution < -0.4 is 5.73 Å². The summed E-state index contributed by atoms with van der Waals surface area (Å²) >= 11 is 1.43. The lowest BCUT2D eigenvalue weighted by Gasteiger charge is -2.23. The maximum Gasteiger partial charge on any atom is 0.265 e. The second kappa shape index (κ2) is 9.10. The van der Waals surface area contributed by atoms with Crippen molar-refractivity contribution in [3.8, 4) is 10.6 Å². The molecule has 7 heteroatoms. The van der Waals surface area contributed by atoms with Crippen LogP contribution in [0.5, 0.6) is 0 Å². The lowest BCUT2D eigenvalue weighted by molar-refractivity contribution is 0.0752. The Balaban J connectivity index is 0.00000220. The number of nitrogens with zero attached hydrogens (tertiary/aromatic N) is 2. The van der Waals surface area contributed by atoms with Crippen molar-refractivity contribution in [3.63, 3.8) is 0 Å². The minimum absolute atomic E-state index is 0. The number of carbonyl (C=O) groups excluding carboxylic acids is 1. The minimum Gasteiger partial charge on any atom is -0.337 e. The predicted molar refractivity (Wildman–Crippen MR) is 97.4 cm³/mol. The van der Waals surface area contributed by atoms with Gasteiger partial charge in [-0.2, -0.15) is 0 Å². The van der Waals surface area contributed by atoms with Crippen LogP contribution in [0.25, 0.3) is 10.6 Å². The molecule has 1 atom stereocenters. The van der Waals surface area contributed by atoms with Crippen LogP contribution in [0, 0.1) is 6.92 Å². The van der Waals surface area contributed by atoms with Crippen molar-refractivity contribution in [1.82, 2.24) is 9.88 Å². The Morgan fingerprint density at radius 2 is 1.91 bits per heavy atom. The van der Waals surface area contributed by atoms with Gasteiger partial charge in [0.2, 0.25) is 0 Å². The monoisotopic (exact) mass is 361 g/mol. The van der Waals surface area contributed by atoms with Gasteiger partial charge in [0, 0.05) is 25.2 Å². The van der Waals surface area contributed by atoms with Gasteiger partial charge < -0.3 is 10.6 Å². The molecular formula is C15H21Cl2N3OS. The molecule has 0 fully saturated rings. The number of likely N-dealkylation sites (N-methyl/N-ethyl adjacent to an activating group) is 1. The van der Waals surface area contributed by atoms with Gasteiger partial charge in [-0.1, -0.05) is 30.3 Å². The fourth-order valence-corrected chi connectivity index (χ4v) is 2.87. The van der Waals surface area contributed by atoms with Crippen LogP contribution in [-0.4, -0.2) is 35.4 Å². The smallest absolute Gasteiger partial charge is 0.265 e. The van der Waals surface area contributed by atoms with E-state index in [0.29, 0.717) is 11.4 Å². The Labute approximate surface area is 147 Å². The number of aromatic nitrogens is 1. The molecule has 1 aromatic heterocycles. The van der Waals surface area contributed by atoms with E-state index in [2.05, 4.69) is 4.98 Å². The van der Waals surface area contributed by atoms with Crippen LogP contribution in [0.2, 0.25) is 0 Å². The highest BCUT2D eigenvalue weighted by atomic mass is 35.5. The third kappa shape index (κ3) is 4.43. The van der Waals surface area contributed by atoms with Crippen molar-refractivity contribution in [2.75, 3.05) is 13.6 Å². The van der Waals surface area contributed by atoms with Crippen molar-refractivity contribution < 1.29 is 4.79 Å². The molecular weight excluding hydrogens is 341 g/mol. The Hall–Kier alpha value is -1.14. The lowest BCUT2D eigenvalue weighted by atomic mass is 10.2. The molecule has 2 aromatic rings. The van der Waals surface area contributed by atoms with Gasteiger partial charge in [-0.15, -0.1) is 36.2 Å². The highest BCUT2D eigenvalue weighted by Crippen LogP contribution is 2.28. The first kappa shape index (κ1) is 20.9. The topological polar surface area (TPSA) is 59.2 Å². The zero-order chi connectivity index (χ0) is 14.7. The zero-order valence-electron chi connectivity index (χ0n) is 12.8. The van der Waals surface area contributed by atoms with E-state index in [-0.39, 0.29) is 36.8 Å². The SMILES string of the molecule is Cc1nc(-c2ccccc2)sc1C(=O)N(C)C(C)CN.Cl.Cl. The van der Waals surface area contributed by atoms with Gasteiger partial charge in [-0.05, 0) is 13.8 Å². The van der Waals surface area contributed by atoms with E-state index in [1.54, 1.807) is 11.9 Å². The quantitative estimate of drug-likeness (QED) is 0.907. The summed E-state index contributed by atoms with van der Waals surface area (Å²) in [6, 6.07) is 9.92. The summed E-state index contributed by atoms with van der Waals surface area (Å²) < 4.78 is 0. The minimum atomic E-state index is -0.0138. The summed E-state index contributed by atoms with van der Waals surface area (Å²) in [6.45, 7) is 4.26. The van der Waals surface area contributed by atoms with Crippen molar-refractivity contribution in [3.05, 3.63) is 40.9 Å². The molecule has 1 heterocycles. The molecule has 0 bridgehead atoms. The summed E-state index contributed by atoms with van der Waals surface area (Å²) in [4.78, 5) is 19.3. The molecule has 0 saturated carbocycles. The molecule has 1 unspecified atom stereocenters. The fraction of sp³-hybridized carbons (Fsp3) is 0.333.